The molecule has 5 nitrogen and oxygen atoms in total. The molecular formula is C19H18N4O. The minimum atomic E-state index is 0.0810. The lowest BCUT2D eigenvalue weighted by Gasteiger charge is -2.25. The highest BCUT2D eigenvalue weighted by Gasteiger charge is 2.30. The number of benzene rings is 1. The summed E-state index contributed by atoms with van der Waals surface area (Å²) in [6, 6.07) is 13.7. The van der Waals surface area contributed by atoms with Gasteiger partial charge in [0.1, 0.15) is 0 Å². The van der Waals surface area contributed by atoms with Gasteiger partial charge in [-0.2, -0.15) is 5.10 Å². The van der Waals surface area contributed by atoms with Gasteiger partial charge in [-0.3, -0.25) is 14.9 Å². The summed E-state index contributed by atoms with van der Waals surface area (Å²) < 4.78 is 0. The van der Waals surface area contributed by atoms with Gasteiger partial charge in [-0.25, -0.2) is 0 Å². The van der Waals surface area contributed by atoms with Crippen LogP contribution in [-0.2, 0) is 0 Å². The lowest BCUT2D eigenvalue weighted by Crippen LogP contribution is -2.30. The van der Waals surface area contributed by atoms with Crippen molar-refractivity contribution in [2.45, 2.75) is 18.9 Å². The van der Waals surface area contributed by atoms with Crippen LogP contribution in [0.25, 0.3) is 11.3 Å². The Morgan fingerprint density at radius 3 is 2.71 bits per heavy atom. The van der Waals surface area contributed by atoms with Gasteiger partial charge in [0.05, 0.1) is 11.7 Å². The molecule has 1 saturated heterocycles. The number of carbonyl (C=O) groups excluding carboxylic acids is 1. The standard InChI is InChI=1S/C19H18N4O/c24-19(15-7-5-14(6-8-15)17-9-11-21-22-17)23-12-2-4-18(23)16-3-1-10-20-13-16/h1,3,5-11,13,18H,2,4,12H2,(H,21,22). The lowest BCUT2D eigenvalue weighted by molar-refractivity contribution is 0.0735. The van der Waals surface area contributed by atoms with Gasteiger partial charge in [-0.05, 0) is 48.2 Å². The van der Waals surface area contributed by atoms with E-state index in [2.05, 4.69) is 15.2 Å². The van der Waals surface area contributed by atoms with Crippen LogP contribution in [0.2, 0.25) is 0 Å². The van der Waals surface area contributed by atoms with Crippen LogP contribution < -0.4 is 0 Å². The summed E-state index contributed by atoms with van der Waals surface area (Å²) in [7, 11) is 0. The number of carbonyl (C=O) groups is 1. The van der Waals surface area contributed by atoms with Gasteiger partial charge < -0.3 is 4.90 Å². The zero-order chi connectivity index (χ0) is 16.4. The largest absolute Gasteiger partial charge is 0.332 e. The first-order valence-corrected chi connectivity index (χ1v) is 8.13. The predicted octanol–water partition coefficient (Wildman–Crippen LogP) is 3.45. The Labute approximate surface area is 140 Å². The molecule has 1 unspecified atom stereocenters. The molecule has 1 N–H and O–H groups in total. The Hall–Kier alpha value is -2.95. The second kappa shape index (κ2) is 6.28. The van der Waals surface area contributed by atoms with E-state index in [1.54, 1.807) is 12.4 Å². The number of hydrogen-bond donors (Lipinski definition) is 1. The highest BCUT2D eigenvalue weighted by Crippen LogP contribution is 2.32. The van der Waals surface area contributed by atoms with Crippen LogP contribution in [-0.4, -0.2) is 32.5 Å². The maximum absolute atomic E-state index is 12.9. The smallest absolute Gasteiger partial charge is 0.254 e. The minimum Gasteiger partial charge on any atom is -0.332 e. The maximum atomic E-state index is 12.9. The van der Waals surface area contributed by atoms with Crippen molar-refractivity contribution in [3.8, 4) is 11.3 Å². The molecular weight excluding hydrogens is 300 g/mol. The molecule has 1 aromatic carbocycles. The van der Waals surface area contributed by atoms with Crippen molar-refractivity contribution in [2.75, 3.05) is 6.54 Å². The zero-order valence-electron chi connectivity index (χ0n) is 13.2. The Morgan fingerprint density at radius 1 is 1.12 bits per heavy atom. The number of rotatable bonds is 3. The summed E-state index contributed by atoms with van der Waals surface area (Å²) in [4.78, 5) is 19.1. The van der Waals surface area contributed by atoms with Crippen LogP contribution in [0.5, 0.6) is 0 Å². The molecule has 4 rings (SSSR count). The molecule has 2 aromatic heterocycles. The second-order valence-electron chi connectivity index (χ2n) is 5.99. The van der Waals surface area contributed by atoms with E-state index in [-0.39, 0.29) is 11.9 Å². The van der Waals surface area contributed by atoms with Gasteiger partial charge in [0.25, 0.3) is 5.91 Å². The summed E-state index contributed by atoms with van der Waals surface area (Å²) in [5, 5.41) is 6.89. The molecule has 0 aliphatic carbocycles. The number of likely N-dealkylation sites (tertiary alicyclic amines) is 1. The molecule has 1 aliphatic heterocycles. The highest BCUT2D eigenvalue weighted by molar-refractivity contribution is 5.95. The topological polar surface area (TPSA) is 61.9 Å². The quantitative estimate of drug-likeness (QED) is 0.804. The first kappa shape index (κ1) is 14.6. The molecule has 0 saturated carbocycles. The van der Waals surface area contributed by atoms with E-state index in [0.29, 0.717) is 5.56 Å². The third-order valence-electron chi connectivity index (χ3n) is 4.53. The SMILES string of the molecule is O=C(c1ccc(-c2ccn[nH]2)cc1)N1CCCC1c1cccnc1. The van der Waals surface area contributed by atoms with Crippen LogP contribution in [0.15, 0.2) is 61.1 Å². The van der Waals surface area contributed by atoms with Crippen molar-refractivity contribution in [3.63, 3.8) is 0 Å². The number of aromatic nitrogens is 3. The summed E-state index contributed by atoms with van der Waals surface area (Å²) in [6.45, 7) is 0.792. The molecule has 1 amide bonds. The van der Waals surface area contributed by atoms with Crippen LogP contribution in [0, 0.1) is 0 Å². The van der Waals surface area contributed by atoms with E-state index >= 15 is 0 Å². The Balaban J connectivity index is 1.56. The molecule has 1 aliphatic rings. The number of aromatic amines is 1. The third-order valence-corrected chi connectivity index (χ3v) is 4.53. The summed E-state index contributed by atoms with van der Waals surface area (Å²) in [5.41, 5.74) is 3.80. The van der Waals surface area contributed by atoms with Crippen LogP contribution in [0.4, 0.5) is 0 Å². The Bertz CT molecular complexity index is 812. The number of pyridine rings is 1. The molecule has 3 heterocycles. The van der Waals surface area contributed by atoms with Gasteiger partial charge in [-0.15, -0.1) is 0 Å². The Morgan fingerprint density at radius 2 is 2.00 bits per heavy atom. The average Bonchev–Trinajstić information content (AvgIpc) is 3.34. The second-order valence-corrected chi connectivity index (χ2v) is 5.99. The molecule has 1 atom stereocenters. The predicted molar refractivity (Wildman–Crippen MR) is 91.3 cm³/mol. The van der Waals surface area contributed by atoms with E-state index in [9.17, 15) is 4.79 Å². The van der Waals surface area contributed by atoms with Crippen molar-refractivity contribution in [1.82, 2.24) is 20.1 Å². The molecule has 1 fully saturated rings. The van der Waals surface area contributed by atoms with Crippen LogP contribution in [0.3, 0.4) is 0 Å². The van der Waals surface area contributed by atoms with Crippen molar-refractivity contribution < 1.29 is 4.79 Å². The first-order chi connectivity index (χ1) is 11.8. The average molecular weight is 318 g/mol. The van der Waals surface area contributed by atoms with Gasteiger partial charge in [-0.1, -0.05) is 18.2 Å². The molecule has 0 spiro atoms. The fourth-order valence-electron chi connectivity index (χ4n) is 3.30. The molecule has 3 aromatic rings. The van der Waals surface area contributed by atoms with Crippen molar-refractivity contribution in [3.05, 3.63) is 72.2 Å². The summed E-state index contributed by atoms with van der Waals surface area (Å²) in [6.07, 6.45) is 7.36. The first-order valence-electron chi connectivity index (χ1n) is 8.13. The molecule has 5 heteroatoms. The number of H-pyrrole nitrogens is 1. The van der Waals surface area contributed by atoms with Gasteiger partial charge in [0.15, 0.2) is 0 Å². The normalized spacial score (nSPS) is 17.2. The van der Waals surface area contributed by atoms with E-state index in [1.165, 1.54) is 0 Å². The van der Waals surface area contributed by atoms with E-state index in [1.807, 2.05) is 53.6 Å². The number of amides is 1. The molecule has 0 radical (unpaired) electrons. The van der Waals surface area contributed by atoms with E-state index in [0.717, 1.165) is 36.2 Å². The fourth-order valence-corrected chi connectivity index (χ4v) is 3.30. The zero-order valence-corrected chi connectivity index (χ0v) is 13.2. The Kier molecular flexibility index (Phi) is 3.83. The lowest BCUT2D eigenvalue weighted by atomic mass is 10.1. The molecule has 24 heavy (non-hydrogen) atoms. The van der Waals surface area contributed by atoms with Gasteiger partial charge in [0, 0.05) is 30.7 Å². The summed E-state index contributed by atoms with van der Waals surface area (Å²) in [5.74, 6) is 0.0810. The van der Waals surface area contributed by atoms with Gasteiger partial charge >= 0.3 is 0 Å². The van der Waals surface area contributed by atoms with Crippen LogP contribution >= 0.6 is 0 Å². The van der Waals surface area contributed by atoms with Crippen molar-refractivity contribution in [2.24, 2.45) is 0 Å². The monoisotopic (exact) mass is 318 g/mol. The molecule has 120 valence electrons. The van der Waals surface area contributed by atoms with Gasteiger partial charge in [0.2, 0.25) is 0 Å². The summed E-state index contributed by atoms with van der Waals surface area (Å²) >= 11 is 0. The minimum absolute atomic E-state index is 0.0810. The van der Waals surface area contributed by atoms with E-state index < -0.39 is 0 Å². The molecule has 0 bridgehead atoms. The van der Waals surface area contributed by atoms with Crippen molar-refractivity contribution >= 4 is 5.91 Å². The third kappa shape index (κ3) is 2.69. The number of nitrogens with one attached hydrogen (secondary N) is 1. The fraction of sp³-hybridized carbons (Fsp3) is 0.211. The van der Waals surface area contributed by atoms with Crippen molar-refractivity contribution in [1.29, 1.82) is 0 Å². The number of nitrogens with zero attached hydrogens (tertiary/aromatic N) is 3. The maximum Gasteiger partial charge on any atom is 0.254 e. The van der Waals surface area contributed by atoms with Crippen LogP contribution in [0.1, 0.15) is 34.8 Å². The van der Waals surface area contributed by atoms with E-state index in [4.69, 9.17) is 0 Å². The number of hydrogen-bond acceptors (Lipinski definition) is 3. The highest BCUT2D eigenvalue weighted by atomic mass is 16.2.